The number of nitrogens with one attached hydrogen (secondary N) is 1. The molecular formula is C13H16F3N3OS. The van der Waals surface area contributed by atoms with Crippen LogP contribution in [0.4, 0.5) is 18.9 Å². The number of hydrogen-bond donors (Lipinski definition) is 2. The van der Waals surface area contributed by atoms with E-state index >= 15 is 0 Å². The molecule has 3 N–H and O–H groups in total. The molecule has 0 heterocycles. The fourth-order valence-corrected chi connectivity index (χ4v) is 1.82. The van der Waals surface area contributed by atoms with Gasteiger partial charge in [0.05, 0.1) is 5.56 Å². The SMILES string of the molecule is CN(C)C(=O)CCNc1ccc(C(N)=S)c(C(F)(F)F)c1. The van der Waals surface area contributed by atoms with Crippen molar-refractivity contribution in [3.63, 3.8) is 0 Å². The summed E-state index contributed by atoms with van der Waals surface area (Å²) >= 11 is 4.62. The van der Waals surface area contributed by atoms with Crippen molar-refractivity contribution in [2.45, 2.75) is 12.6 Å². The monoisotopic (exact) mass is 319 g/mol. The van der Waals surface area contributed by atoms with Crippen LogP contribution in [0.15, 0.2) is 18.2 Å². The van der Waals surface area contributed by atoms with Crippen molar-refractivity contribution in [1.29, 1.82) is 0 Å². The van der Waals surface area contributed by atoms with Gasteiger partial charge in [0.15, 0.2) is 0 Å². The van der Waals surface area contributed by atoms with Crippen molar-refractivity contribution in [3.05, 3.63) is 29.3 Å². The molecule has 116 valence electrons. The first kappa shape index (κ1) is 17.2. The summed E-state index contributed by atoms with van der Waals surface area (Å²) in [7, 11) is 3.22. The third-order valence-electron chi connectivity index (χ3n) is 2.76. The molecule has 0 fully saturated rings. The van der Waals surface area contributed by atoms with E-state index in [2.05, 4.69) is 17.5 Å². The van der Waals surface area contributed by atoms with Gasteiger partial charge in [0, 0.05) is 38.3 Å². The molecular weight excluding hydrogens is 303 g/mol. The average Bonchev–Trinajstić information content (AvgIpc) is 2.37. The van der Waals surface area contributed by atoms with Gasteiger partial charge in [-0.15, -0.1) is 0 Å². The molecule has 0 aromatic heterocycles. The van der Waals surface area contributed by atoms with Crippen molar-refractivity contribution in [2.75, 3.05) is 26.0 Å². The van der Waals surface area contributed by atoms with Crippen LogP contribution in [0.2, 0.25) is 0 Å². The highest BCUT2D eigenvalue weighted by molar-refractivity contribution is 7.80. The van der Waals surface area contributed by atoms with Gasteiger partial charge in [-0.05, 0) is 18.2 Å². The van der Waals surface area contributed by atoms with Crippen LogP contribution in [-0.2, 0) is 11.0 Å². The number of amides is 1. The zero-order chi connectivity index (χ0) is 16.2. The molecule has 1 amide bonds. The number of rotatable bonds is 5. The van der Waals surface area contributed by atoms with E-state index < -0.39 is 11.7 Å². The number of carbonyl (C=O) groups excluding carboxylic acids is 1. The second kappa shape index (κ2) is 6.75. The molecule has 21 heavy (non-hydrogen) atoms. The van der Waals surface area contributed by atoms with E-state index in [9.17, 15) is 18.0 Å². The lowest BCUT2D eigenvalue weighted by Gasteiger charge is -2.15. The number of alkyl halides is 3. The maximum atomic E-state index is 12.9. The summed E-state index contributed by atoms with van der Waals surface area (Å²) < 4.78 is 38.8. The van der Waals surface area contributed by atoms with Crippen LogP contribution >= 0.6 is 12.2 Å². The Morgan fingerprint density at radius 1 is 1.38 bits per heavy atom. The number of thiocarbonyl (C=S) groups is 1. The highest BCUT2D eigenvalue weighted by Gasteiger charge is 2.34. The number of anilines is 1. The Labute approximate surface area is 126 Å². The average molecular weight is 319 g/mol. The van der Waals surface area contributed by atoms with Crippen LogP contribution in [0.25, 0.3) is 0 Å². The summed E-state index contributed by atoms with van der Waals surface area (Å²) in [6, 6.07) is 3.61. The smallest absolute Gasteiger partial charge is 0.389 e. The number of carbonyl (C=O) groups is 1. The van der Waals surface area contributed by atoms with Crippen LogP contribution in [0.1, 0.15) is 17.5 Å². The van der Waals surface area contributed by atoms with E-state index in [1.165, 1.54) is 17.0 Å². The van der Waals surface area contributed by atoms with Gasteiger partial charge < -0.3 is 16.0 Å². The van der Waals surface area contributed by atoms with Gasteiger partial charge >= 0.3 is 6.18 Å². The van der Waals surface area contributed by atoms with Gasteiger partial charge in [-0.25, -0.2) is 0 Å². The van der Waals surface area contributed by atoms with E-state index in [1.807, 2.05) is 0 Å². The Hall–Kier alpha value is -1.83. The van der Waals surface area contributed by atoms with E-state index in [0.29, 0.717) is 0 Å². The standard InChI is InChI=1S/C13H16F3N3OS/c1-19(2)11(20)5-6-18-8-3-4-9(12(17)21)10(7-8)13(14,15)16/h3-4,7,18H,5-6H2,1-2H3,(H2,17,21). The van der Waals surface area contributed by atoms with Crippen LogP contribution in [0, 0.1) is 0 Å². The molecule has 0 radical (unpaired) electrons. The normalized spacial score (nSPS) is 11.1. The maximum absolute atomic E-state index is 12.9. The topological polar surface area (TPSA) is 58.4 Å². The van der Waals surface area contributed by atoms with Crippen molar-refractivity contribution < 1.29 is 18.0 Å². The predicted octanol–water partition coefficient (Wildman–Crippen LogP) is 2.23. The van der Waals surface area contributed by atoms with E-state index in [0.717, 1.165) is 6.07 Å². The first-order chi connectivity index (χ1) is 9.62. The van der Waals surface area contributed by atoms with Crippen molar-refractivity contribution in [1.82, 2.24) is 4.90 Å². The molecule has 0 unspecified atom stereocenters. The van der Waals surface area contributed by atoms with Crippen LogP contribution < -0.4 is 11.1 Å². The second-order valence-electron chi connectivity index (χ2n) is 4.59. The van der Waals surface area contributed by atoms with E-state index in [1.54, 1.807) is 14.1 Å². The summed E-state index contributed by atoms with van der Waals surface area (Å²) in [4.78, 5) is 12.5. The summed E-state index contributed by atoms with van der Waals surface area (Å²) in [5.74, 6) is -0.113. The summed E-state index contributed by atoms with van der Waals surface area (Å²) in [5.41, 5.74) is 4.45. The quantitative estimate of drug-likeness (QED) is 0.817. The minimum Gasteiger partial charge on any atom is -0.389 e. The summed E-state index contributed by atoms with van der Waals surface area (Å²) in [6.45, 7) is 0.237. The lowest BCUT2D eigenvalue weighted by atomic mass is 10.1. The van der Waals surface area contributed by atoms with Gasteiger partial charge in [0.1, 0.15) is 4.99 Å². The number of nitrogens with two attached hydrogens (primary N) is 1. The lowest BCUT2D eigenvalue weighted by molar-refractivity contribution is -0.137. The Morgan fingerprint density at radius 2 is 2.00 bits per heavy atom. The second-order valence-corrected chi connectivity index (χ2v) is 5.03. The number of nitrogens with zero attached hydrogens (tertiary/aromatic N) is 1. The van der Waals surface area contributed by atoms with Gasteiger partial charge in [-0.1, -0.05) is 12.2 Å². The van der Waals surface area contributed by atoms with Gasteiger partial charge in [-0.2, -0.15) is 13.2 Å². The van der Waals surface area contributed by atoms with E-state index in [-0.39, 0.29) is 35.1 Å². The Bertz CT molecular complexity index is 544. The van der Waals surface area contributed by atoms with Gasteiger partial charge in [-0.3, -0.25) is 4.79 Å². The third-order valence-corrected chi connectivity index (χ3v) is 2.98. The zero-order valence-electron chi connectivity index (χ0n) is 11.6. The van der Waals surface area contributed by atoms with Crippen molar-refractivity contribution in [3.8, 4) is 0 Å². The molecule has 0 aliphatic carbocycles. The molecule has 1 aromatic rings. The number of hydrogen-bond acceptors (Lipinski definition) is 3. The van der Waals surface area contributed by atoms with Gasteiger partial charge in [0.2, 0.25) is 5.91 Å². The first-order valence-corrected chi connectivity index (χ1v) is 6.49. The Balaban J connectivity index is 2.87. The van der Waals surface area contributed by atoms with E-state index in [4.69, 9.17) is 5.73 Å². The molecule has 0 saturated carbocycles. The molecule has 4 nitrogen and oxygen atoms in total. The van der Waals surface area contributed by atoms with Gasteiger partial charge in [0.25, 0.3) is 0 Å². The largest absolute Gasteiger partial charge is 0.417 e. The zero-order valence-corrected chi connectivity index (χ0v) is 12.4. The highest BCUT2D eigenvalue weighted by Crippen LogP contribution is 2.33. The fourth-order valence-electron chi connectivity index (χ4n) is 1.64. The minimum absolute atomic E-state index is 0.113. The van der Waals surface area contributed by atoms with Crippen LogP contribution in [-0.4, -0.2) is 36.4 Å². The molecule has 0 spiro atoms. The fraction of sp³-hybridized carbons (Fsp3) is 0.385. The predicted molar refractivity (Wildman–Crippen MR) is 79.1 cm³/mol. The van der Waals surface area contributed by atoms with Crippen molar-refractivity contribution >= 4 is 28.8 Å². The minimum atomic E-state index is -4.55. The molecule has 8 heteroatoms. The number of halogens is 3. The molecule has 0 aliphatic rings. The first-order valence-electron chi connectivity index (χ1n) is 6.08. The maximum Gasteiger partial charge on any atom is 0.417 e. The molecule has 0 saturated heterocycles. The molecule has 0 bridgehead atoms. The lowest BCUT2D eigenvalue weighted by Crippen LogP contribution is -2.24. The Kier molecular flexibility index (Phi) is 5.54. The molecule has 0 atom stereocenters. The summed E-state index contributed by atoms with van der Waals surface area (Å²) in [6.07, 6.45) is -4.36. The molecule has 1 aromatic carbocycles. The Morgan fingerprint density at radius 3 is 2.48 bits per heavy atom. The van der Waals surface area contributed by atoms with Crippen LogP contribution in [0.3, 0.4) is 0 Å². The van der Waals surface area contributed by atoms with Crippen molar-refractivity contribution in [2.24, 2.45) is 5.73 Å². The summed E-state index contributed by atoms with van der Waals surface area (Å²) in [5, 5.41) is 2.78. The van der Waals surface area contributed by atoms with Crippen LogP contribution in [0.5, 0.6) is 0 Å². The molecule has 0 aliphatic heterocycles. The number of benzene rings is 1. The third kappa shape index (κ3) is 4.89. The molecule has 1 rings (SSSR count). The highest BCUT2D eigenvalue weighted by atomic mass is 32.1.